The van der Waals surface area contributed by atoms with Crippen molar-refractivity contribution in [3.05, 3.63) is 207 Å². The molecule has 0 fully saturated rings. The highest BCUT2D eigenvalue weighted by Gasteiger charge is 2.25. The van der Waals surface area contributed by atoms with Gasteiger partial charge < -0.3 is 28.5 Å². The first-order chi connectivity index (χ1) is 51.6. The molecule has 0 aliphatic carbocycles. The smallest absolute Gasteiger partial charge is 0.361 e. The second-order valence-electron chi connectivity index (χ2n) is 28.7. The molecule has 0 aromatic carbocycles. The lowest BCUT2D eigenvalue weighted by Crippen LogP contribution is -2.40. The van der Waals surface area contributed by atoms with Gasteiger partial charge in [0.05, 0.1) is 34.4 Å². The number of carbonyl (C=O) groups is 3. The average molecular weight is 1450 g/mol. The van der Waals surface area contributed by atoms with Gasteiger partial charge in [-0.2, -0.15) is 0 Å². The second-order valence-corrected chi connectivity index (χ2v) is 28.7. The molecule has 105 heavy (non-hydrogen) atoms. The number of rotatable bonds is 76. The van der Waals surface area contributed by atoms with Crippen LogP contribution >= 0.6 is 0 Å². The lowest BCUT2D eigenvalue weighted by atomic mass is 10.0. The number of unbranched alkanes of at least 4 members (excludes halogenated alkanes) is 27. The van der Waals surface area contributed by atoms with Crippen molar-refractivity contribution in [2.45, 2.75) is 334 Å². The summed E-state index contributed by atoms with van der Waals surface area (Å²) >= 11 is 0. The molecule has 592 valence electrons. The van der Waals surface area contributed by atoms with E-state index in [2.05, 4.69) is 220 Å². The fourth-order valence-corrected chi connectivity index (χ4v) is 11.2. The van der Waals surface area contributed by atoms with E-state index in [1.807, 2.05) is 21.1 Å². The Morgan fingerprint density at radius 3 is 0.762 bits per heavy atom. The van der Waals surface area contributed by atoms with Crippen LogP contribution in [-0.4, -0.2) is 87.4 Å². The van der Waals surface area contributed by atoms with Crippen LogP contribution in [0.4, 0.5) is 0 Å². The summed E-state index contributed by atoms with van der Waals surface area (Å²) in [5.74, 6) is -2.01. The fourth-order valence-electron chi connectivity index (χ4n) is 11.2. The van der Waals surface area contributed by atoms with Gasteiger partial charge in [-0.25, -0.2) is 4.79 Å². The molecule has 0 amide bonds. The number of hydrogen-bond acceptors (Lipinski definition) is 7. The van der Waals surface area contributed by atoms with Crippen molar-refractivity contribution >= 4 is 17.9 Å². The van der Waals surface area contributed by atoms with Gasteiger partial charge in [0.2, 0.25) is 0 Å². The molecule has 2 atom stereocenters. The van der Waals surface area contributed by atoms with Crippen LogP contribution < -0.4 is 0 Å². The van der Waals surface area contributed by atoms with E-state index in [1.54, 1.807) is 0 Å². The number of likely N-dealkylation sites (N-methyl/N-ethyl adjacent to an activating group) is 1. The minimum atomic E-state index is -1.52. The molecule has 9 nitrogen and oxygen atoms in total. The van der Waals surface area contributed by atoms with Gasteiger partial charge in [0.1, 0.15) is 13.2 Å². The maximum absolute atomic E-state index is 13.0. The first kappa shape index (κ1) is 98.9. The van der Waals surface area contributed by atoms with Crippen molar-refractivity contribution in [3.63, 3.8) is 0 Å². The third-order valence-corrected chi connectivity index (χ3v) is 17.5. The molecule has 0 spiro atoms. The summed E-state index contributed by atoms with van der Waals surface area (Å²) in [6, 6.07) is 0. The highest BCUT2D eigenvalue weighted by molar-refractivity contribution is 5.71. The number of hydrogen-bond donors (Lipinski definition) is 1. The largest absolute Gasteiger partial charge is 0.477 e. The van der Waals surface area contributed by atoms with Crippen molar-refractivity contribution < 1.29 is 42.9 Å². The van der Waals surface area contributed by atoms with Crippen LogP contribution in [0.25, 0.3) is 0 Å². The molecule has 0 rings (SSSR count). The number of nitrogens with zero attached hydrogens (tertiary/aromatic N) is 1. The van der Waals surface area contributed by atoms with Gasteiger partial charge in [0, 0.05) is 12.8 Å². The standard InChI is InChI=1S/C96H155NO8/c1-6-8-10-12-14-16-18-20-22-24-26-28-30-32-34-36-38-40-42-44-46-47-49-51-53-55-57-59-61-63-65-67-69-71-73-75-77-79-81-83-85-87-94(99)105-92(91-104-96(95(100)101)102-89-88-97(3,4)5)90-103-93(98)86-84-82-80-78-76-74-72-70-68-66-64-62-60-58-56-54-52-50-48-45-43-41-39-37-35-33-31-29-27-25-23-21-19-17-15-13-11-9-7-2/h8-11,14-17,20-23,26-29,32-35,38-41,44-46,48-49,51-52,54-55,57,92,96H,6-7,12-13,18-19,24-25,30-31,36-37,42-43,47,50,53,56,58-91H2,1-5H3/p+1/b10-8-,11-9-,16-14-,17-15-,22-20-,23-21-,28-26-,29-27-,34-32-,35-33-,40-38-,41-39-,46-44-,48-45-,51-49-,54-52-,57-55-. The topological polar surface area (TPSA) is 108 Å². The van der Waals surface area contributed by atoms with E-state index in [9.17, 15) is 19.5 Å². The Labute approximate surface area is 645 Å². The van der Waals surface area contributed by atoms with Gasteiger partial charge in [-0.3, -0.25) is 9.59 Å². The van der Waals surface area contributed by atoms with Gasteiger partial charge in [-0.05, 0) is 148 Å². The second kappa shape index (κ2) is 83.5. The number of aliphatic carboxylic acids is 1. The van der Waals surface area contributed by atoms with E-state index < -0.39 is 24.3 Å². The third-order valence-electron chi connectivity index (χ3n) is 17.5. The highest BCUT2D eigenvalue weighted by Crippen LogP contribution is 2.18. The van der Waals surface area contributed by atoms with Crippen LogP contribution in [0.2, 0.25) is 0 Å². The van der Waals surface area contributed by atoms with Crippen LogP contribution in [0, 0.1) is 0 Å². The van der Waals surface area contributed by atoms with Crippen molar-refractivity contribution in [2.24, 2.45) is 0 Å². The number of allylic oxidation sites excluding steroid dienone is 34. The summed E-state index contributed by atoms with van der Waals surface area (Å²) in [5.41, 5.74) is 0. The van der Waals surface area contributed by atoms with E-state index >= 15 is 0 Å². The fraction of sp³-hybridized carbons (Fsp3) is 0.615. The van der Waals surface area contributed by atoms with Crippen molar-refractivity contribution in [1.29, 1.82) is 0 Å². The van der Waals surface area contributed by atoms with Gasteiger partial charge >= 0.3 is 17.9 Å². The molecule has 0 radical (unpaired) electrons. The maximum Gasteiger partial charge on any atom is 0.361 e. The predicted octanol–water partition coefficient (Wildman–Crippen LogP) is 27.8. The lowest BCUT2D eigenvalue weighted by molar-refractivity contribution is -0.870. The van der Waals surface area contributed by atoms with Crippen molar-refractivity contribution in [3.8, 4) is 0 Å². The monoisotopic (exact) mass is 1450 g/mol. The molecule has 0 bridgehead atoms. The zero-order valence-corrected chi connectivity index (χ0v) is 67.8. The van der Waals surface area contributed by atoms with E-state index in [4.69, 9.17) is 18.9 Å². The molecule has 0 aliphatic rings. The summed E-state index contributed by atoms with van der Waals surface area (Å²) in [4.78, 5) is 37.8. The summed E-state index contributed by atoms with van der Waals surface area (Å²) in [7, 11) is 5.98. The normalized spacial score (nSPS) is 13.7. The molecular weight excluding hydrogens is 1300 g/mol. The number of esters is 2. The van der Waals surface area contributed by atoms with Crippen LogP contribution in [0.3, 0.4) is 0 Å². The summed E-state index contributed by atoms with van der Waals surface area (Å²) in [6.07, 6.45) is 127. The minimum absolute atomic E-state index is 0.180. The van der Waals surface area contributed by atoms with Crippen molar-refractivity contribution in [1.82, 2.24) is 0 Å². The Morgan fingerprint density at radius 2 is 0.514 bits per heavy atom. The molecule has 0 aliphatic heterocycles. The molecule has 2 unspecified atom stereocenters. The van der Waals surface area contributed by atoms with E-state index in [-0.39, 0.29) is 32.2 Å². The van der Waals surface area contributed by atoms with Gasteiger partial charge in [0.15, 0.2) is 6.10 Å². The predicted molar refractivity (Wildman–Crippen MR) is 455 cm³/mol. The third kappa shape index (κ3) is 85.0. The quantitative estimate of drug-likeness (QED) is 0.0211. The zero-order chi connectivity index (χ0) is 76.0. The Morgan fingerprint density at radius 1 is 0.286 bits per heavy atom. The molecule has 0 heterocycles. The summed E-state index contributed by atoms with van der Waals surface area (Å²) in [5, 5.41) is 9.79. The molecular formula is C96H156NO8+. The van der Waals surface area contributed by atoms with Crippen LogP contribution in [0.5, 0.6) is 0 Å². The Kier molecular flexibility index (Phi) is 78.6. The number of carboxylic acids is 1. The molecule has 0 saturated carbocycles. The molecule has 0 aromatic rings. The van der Waals surface area contributed by atoms with E-state index in [0.717, 1.165) is 148 Å². The number of quaternary nitrogens is 1. The molecule has 0 aromatic heterocycles. The maximum atomic E-state index is 13.0. The van der Waals surface area contributed by atoms with Crippen LogP contribution in [0.15, 0.2) is 207 Å². The van der Waals surface area contributed by atoms with Crippen molar-refractivity contribution in [2.75, 3.05) is 47.5 Å². The van der Waals surface area contributed by atoms with Gasteiger partial charge in [0.25, 0.3) is 6.29 Å². The number of carboxylic acid groups (broad SMARTS) is 1. The first-order valence-corrected chi connectivity index (χ1v) is 42.2. The summed E-state index contributed by atoms with van der Waals surface area (Å²) in [6.45, 7) is 4.65. The first-order valence-electron chi connectivity index (χ1n) is 42.2. The number of ether oxygens (including phenoxy) is 4. The Balaban J connectivity index is 4.07. The minimum Gasteiger partial charge on any atom is -0.477 e. The molecule has 1 N–H and O–H groups in total. The highest BCUT2D eigenvalue weighted by atomic mass is 16.7. The lowest BCUT2D eigenvalue weighted by Gasteiger charge is -2.25. The van der Waals surface area contributed by atoms with Crippen LogP contribution in [-0.2, 0) is 33.3 Å². The van der Waals surface area contributed by atoms with E-state index in [1.165, 1.54) is 141 Å². The van der Waals surface area contributed by atoms with E-state index in [0.29, 0.717) is 23.9 Å². The number of carbonyl (C=O) groups excluding carboxylic acids is 2. The Hall–Kier alpha value is -6.13. The molecule has 9 heteroatoms. The SMILES string of the molecule is CC/C=C\C/C=C\C/C=C\C/C=C\C/C=C\C/C=C\C/C=C\C/C=C\C/C=C\CCCCCCCCCCCCCCCC(=O)OC(COC(=O)CCCCCCCCCCCCCCCC/C=C\C/C=C\C/C=C\C/C=C\C/C=C\C/C=C\C/C=C\C/C=C\CC)COC(OCC[N+](C)(C)C)C(=O)O. The zero-order valence-electron chi connectivity index (χ0n) is 67.8. The Bertz CT molecular complexity index is 2500. The van der Waals surface area contributed by atoms with Crippen LogP contribution in [0.1, 0.15) is 322 Å². The van der Waals surface area contributed by atoms with Gasteiger partial charge in [-0.15, -0.1) is 0 Å². The summed E-state index contributed by atoms with van der Waals surface area (Å²) < 4.78 is 23.1. The van der Waals surface area contributed by atoms with Gasteiger partial charge in [-0.1, -0.05) is 368 Å². The average Bonchev–Trinajstić information content (AvgIpc) is 1.18. The molecule has 0 saturated heterocycles.